The van der Waals surface area contributed by atoms with E-state index in [1.54, 1.807) is 25.2 Å². The van der Waals surface area contributed by atoms with Gasteiger partial charge in [-0.1, -0.05) is 53.0 Å². The molecule has 20 heavy (non-hydrogen) atoms. The summed E-state index contributed by atoms with van der Waals surface area (Å²) < 4.78 is 13.9. The monoisotopic (exact) mass is 331 g/mol. The predicted octanol–water partition coefficient (Wildman–Crippen LogP) is 5.29. The van der Waals surface area contributed by atoms with Crippen molar-refractivity contribution in [2.45, 2.75) is 12.5 Å². The lowest BCUT2D eigenvalue weighted by molar-refractivity contribution is 0.554. The van der Waals surface area contributed by atoms with Gasteiger partial charge in [-0.25, -0.2) is 4.39 Å². The van der Waals surface area contributed by atoms with Crippen molar-refractivity contribution >= 4 is 34.8 Å². The second-order valence-corrected chi connectivity index (χ2v) is 5.65. The molecule has 0 amide bonds. The summed E-state index contributed by atoms with van der Waals surface area (Å²) in [5, 5.41) is 4.49. The van der Waals surface area contributed by atoms with Crippen molar-refractivity contribution in [2.24, 2.45) is 0 Å². The van der Waals surface area contributed by atoms with Crippen molar-refractivity contribution in [3.8, 4) is 0 Å². The highest BCUT2D eigenvalue weighted by atomic mass is 35.5. The van der Waals surface area contributed by atoms with E-state index in [0.717, 1.165) is 5.56 Å². The Hall–Kier alpha value is -0.800. The van der Waals surface area contributed by atoms with Gasteiger partial charge in [0.15, 0.2) is 0 Å². The first-order chi connectivity index (χ1) is 9.52. The quantitative estimate of drug-likeness (QED) is 0.802. The summed E-state index contributed by atoms with van der Waals surface area (Å²) in [7, 11) is 1.80. The van der Waals surface area contributed by atoms with E-state index in [-0.39, 0.29) is 11.9 Å². The molecule has 0 aliphatic heterocycles. The van der Waals surface area contributed by atoms with Crippen LogP contribution in [0.5, 0.6) is 0 Å². The Morgan fingerprint density at radius 2 is 1.90 bits per heavy atom. The Kier molecular flexibility index (Phi) is 5.28. The van der Waals surface area contributed by atoms with Gasteiger partial charge in [-0.05, 0) is 42.8 Å². The minimum Gasteiger partial charge on any atom is -0.313 e. The zero-order valence-electron chi connectivity index (χ0n) is 10.8. The minimum absolute atomic E-state index is 0.128. The first-order valence-electron chi connectivity index (χ1n) is 6.08. The fourth-order valence-corrected chi connectivity index (χ4v) is 2.66. The molecule has 2 aromatic rings. The van der Waals surface area contributed by atoms with E-state index in [2.05, 4.69) is 5.32 Å². The molecule has 2 aromatic carbocycles. The van der Waals surface area contributed by atoms with E-state index in [1.807, 2.05) is 12.1 Å². The Labute approximate surface area is 132 Å². The van der Waals surface area contributed by atoms with Gasteiger partial charge in [-0.15, -0.1) is 0 Å². The van der Waals surface area contributed by atoms with Gasteiger partial charge >= 0.3 is 0 Å². The molecule has 0 saturated heterocycles. The SMILES string of the molecule is CNC(Cc1ccc(Cl)cc1F)c1cccc(Cl)c1Cl. The van der Waals surface area contributed by atoms with Crippen LogP contribution in [0.25, 0.3) is 0 Å². The zero-order valence-corrected chi connectivity index (χ0v) is 13.0. The van der Waals surface area contributed by atoms with Crippen LogP contribution in [-0.4, -0.2) is 7.05 Å². The maximum absolute atomic E-state index is 13.9. The summed E-state index contributed by atoms with van der Waals surface area (Å²) in [5.74, 6) is -0.323. The maximum atomic E-state index is 13.9. The van der Waals surface area contributed by atoms with Crippen LogP contribution < -0.4 is 5.32 Å². The molecule has 1 nitrogen and oxygen atoms in total. The number of benzene rings is 2. The molecule has 1 N–H and O–H groups in total. The third kappa shape index (κ3) is 3.44. The van der Waals surface area contributed by atoms with Crippen molar-refractivity contribution in [1.29, 1.82) is 0 Å². The van der Waals surface area contributed by atoms with Crippen LogP contribution in [0.1, 0.15) is 17.2 Å². The van der Waals surface area contributed by atoms with Gasteiger partial charge in [0.05, 0.1) is 10.0 Å². The van der Waals surface area contributed by atoms with Gasteiger partial charge in [-0.3, -0.25) is 0 Å². The highest BCUT2D eigenvalue weighted by molar-refractivity contribution is 6.42. The van der Waals surface area contributed by atoms with Gasteiger partial charge in [0.25, 0.3) is 0 Å². The molecular formula is C15H13Cl3FN. The third-order valence-electron chi connectivity index (χ3n) is 3.14. The molecular weight excluding hydrogens is 320 g/mol. The van der Waals surface area contributed by atoms with Crippen LogP contribution >= 0.6 is 34.8 Å². The second kappa shape index (κ2) is 6.77. The highest BCUT2D eigenvalue weighted by Gasteiger charge is 2.17. The van der Waals surface area contributed by atoms with E-state index in [4.69, 9.17) is 34.8 Å². The molecule has 0 fully saturated rings. The van der Waals surface area contributed by atoms with Crippen molar-refractivity contribution in [2.75, 3.05) is 7.05 Å². The van der Waals surface area contributed by atoms with Gasteiger partial charge in [0.2, 0.25) is 0 Å². The lowest BCUT2D eigenvalue weighted by atomic mass is 9.98. The van der Waals surface area contributed by atoms with E-state index in [9.17, 15) is 4.39 Å². The Morgan fingerprint density at radius 3 is 2.55 bits per heavy atom. The van der Waals surface area contributed by atoms with E-state index in [0.29, 0.717) is 27.1 Å². The lowest BCUT2D eigenvalue weighted by Crippen LogP contribution is -2.19. The molecule has 0 saturated carbocycles. The van der Waals surface area contributed by atoms with E-state index in [1.165, 1.54) is 6.07 Å². The normalized spacial score (nSPS) is 12.4. The van der Waals surface area contributed by atoms with E-state index >= 15 is 0 Å². The van der Waals surface area contributed by atoms with Gasteiger partial charge < -0.3 is 5.32 Å². The van der Waals surface area contributed by atoms with Crippen LogP contribution in [0.15, 0.2) is 36.4 Å². The minimum atomic E-state index is -0.323. The summed E-state index contributed by atoms with van der Waals surface area (Å²) in [6, 6.07) is 9.96. The summed E-state index contributed by atoms with van der Waals surface area (Å²) in [6.07, 6.45) is 0.458. The second-order valence-electron chi connectivity index (χ2n) is 4.42. The number of hydrogen-bond acceptors (Lipinski definition) is 1. The number of halogens is 4. The number of nitrogens with one attached hydrogen (secondary N) is 1. The Bertz CT molecular complexity index is 616. The van der Waals surface area contributed by atoms with Crippen LogP contribution in [-0.2, 0) is 6.42 Å². The standard InChI is InChI=1S/C15H13Cl3FN/c1-20-14(11-3-2-4-12(17)15(11)18)7-9-5-6-10(16)8-13(9)19/h2-6,8,14,20H,7H2,1H3. The molecule has 0 bridgehead atoms. The largest absolute Gasteiger partial charge is 0.313 e. The third-order valence-corrected chi connectivity index (χ3v) is 4.21. The first-order valence-corrected chi connectivity index (χ1v) is 7.21. The molecule has 1 atom stereocenters. The lowest BCUT2D eigenvalue weighted by Gasteiger charge is -2.19. The average molecular weight is 333 g/mol. The smallest absolute Gasteiger partial charge is 0.127 e. The average Bonchev–Trinajstić information content (AvgIpc) is 2.42. The fraction of sp³-hybridized carbons (Fsp3) is 0.200. The molecule has 1 unspecified atom stereocenters. The van der Waals surface area contributed by atoms with Crippen molar-refractivity contribution in [1.82, 2.24) is 5.32 Å². The summed E-state index contributed by atoms with van der Waals surface area (Å²) in [4.78, 5) is 0. The molecule has 0 spiro atoms. The van der Waals surface area contributed by atoms with Crippen LogP contribution in [0.2, 0.25) is 15.1 Å². The first kappa shape index (κ1) is 15.6. The summed E-state index contributed by atoms with van der Waals surface area (Å²) in [6.45, 7) is 0. The predicted molar refractivity (Wildman–Crippen MR) is 83.4 cm³/mol. The van der Waals surface area contributed by atoms with E-state index < -0.39 is 0 Å². The number of rotatable bonds is 4. The van der Waals surface area contributed by atoms with Gasteiger partial charge in [0.1, 0.15) is 5.82 Å². The van der Waals surface area contributed by atoms with Crippen molar-refractivity contribution in [3.63, 3.8) is 0 Å². The highest BCUT2D eigenvalue weighted by Crippen LogP contribution is 2.32. The maximum Gasteiger partial charge on any atom is 0.127 e. The molecule has 2 rings (SSSR count). The summed E-state index contributed by atoms with van der Waals surface area (Å²) >= 11 is 18.0. The topological polar surface area (TPSA) is 12.0 Å². The van der Waals surface area contributed by atoms with Crippen LogP contribution in [0.4, 0.5) is 4.39 Å². The van der Waals surface area contributed by atoms with Gasteiger partial charge in [0, 0.05) is 11.1 Å². The molecule has 0 aliphatic carbocycles. The molecule has 106 valence electrons. The number of hydrogen-bond donors (Lipinski definition) is 1. The van der Waals surface area contributed by atoms with Crippen molar-refractivity contribution < 1.29 is 4.39 Å². The molecule has 0 aromatic heterocycles. The molecule has 0 heterocycles. The Balaban J connectivity index is 2.31. The number of likely N-dealkylation sites (N-methyl/N-ethyl adjacent to an activating group) is 1. The van der Waals surface area contributed by atoms with Crippen LogP contribution in [0, 0.1) is 5.82 Å². The fourth-order valence-electron chi connectivity index (χ4n) is 2.06. The Morgan fingerprint density at radius 1 is 1.15 bits per heavy atom. The van der Waals surface area contributed by atoms with Gasteiger partial charge in [-0.2, -0.15) is 0 Å². The van der Waals surface area contributed by atoms with Crippen LogP contribution in [0.3, 0.4) is 0 Å². The van der Waals surface area contributed by atoms with Crippen molar-refractivity contribution in [3.05, 3.63) is 68.4 Å². The zero-order chi connectivity index (χ0) is 14.7. The molecule has 5 heteroatoms. The molecule has 0 radical (unpaired) electrons. The summed E-state index contributed by atoms with van der Waals surface area (Å²) in [5.41, 5.74) is 1.42. The molecule has 0 aliphatic rings.